The Morgan fingerprint density at radius 1 is 0.419 bits per heavy atom. The summed E-state index contributed by atoms with van der Waals surface area (Å²) in [5.41, 5.74) is 11.7. The first-order valence-electron chi connectivity index (χ1n) is 10.9. The van der Waals surface area contributed by atoms with Crippen LogP contribution in [0.15, 0.2) is 109 Å². The van der Waals surface area contributed by atoms with E-state index in [1.165, 1.54) is 33.4 Å². The Balaban J connectivity index is 1.45. The zero-order chi connectivity index (χ0) is 20.6. The second kappa shape index (κ2) is 8.33. The minimum atomic E-state index is -1.23. The van der Waals surface area contributed by atoms with Gasteiger partial charge in [0.15, 0.2) is 0 Å². The van der Waals surface area contributed by atoms with Crippen LogP contribution in [0.2, 0.25) is 0 Å². The van der Waals surface area contributed by atoms with E-state index >= 15 is 0 Å². The van der Waals surface area contributed by atoms with Gasteiger partial charge in [0.25, 0.3) is 0 Å². The molecule has 0 fully saturated rings. The van der Waals surface area contributed by atoms with Crippen LogP contribution in [0.25, 0.3) is 23.3 Å². The van der Waals surface area contributed by atoms with Gasteiger partial charge in [-0.2, -0.15) is 0 Å². The Bertz CT molecular complexity index is 1200. The first-order chi connectivity index (χ1) is 15.4. The van der Waals surface area contributed by atoms with Gasteiger partial charge in [-0.05, 0) is 0 Å². The van der Waals surface area contributed by atoms with E-state index in [2.05, 4.69) is 121 Å². The third kappa shape index (κ3) is 3.56. The van der Waals surface area contributed by atoms with Crippen molar-refractivity contribution >= 4 is 23.3 Å². The maximum absolute atomic E-state index is 2.45. The summed E-state index contributed by atoms with van der Waals surface area (Å²) >= 11 is -1.23. The molecule has 0 saturated carbocycles. The molecular formula is C30H22Nd. The van der Waals surface area contributed by atoms with Crippen molar-refractivity contribution in [2.75, 3.05) is 0 Å². The molecule has 0 aromatic heterocycles. The van der Waals surface area contributed by atoms with Crippen LogP contribution in [-0.2, 0) is 0 Å². The van der Waals surface area contributed by atoms with Gasteiger partial charge < -0.3 is 0 Å². The molecule has 2 atom stereocenters. The Morgan fingerprint density at radius 3 is 1.26 bits per heavy atom. The zero-order valence-corrected chi connectivity index (χ0v) is 20.4. The summed E-state index contributed by atoms with van der Waals surface area (Å²) in [6.07, 6.45) is 4.91. The summed E-state index contributed by atoms with van der Waals surface area (Å²) < 4.78 is 1.17. The Morgan fingerprint density at radius 2 is 0.806 bits per heavy atom. The average Bonchev–Trinajstić information content (AvgIpc) is 3.40. The van der Waals surface area contributed by atoms with Gasteiger partial charge >= 0.3 is 206 Å². The topological polar surface area (TPSA) is 0 Å². The molecule has 0 aliphatic heterocycles. The fourth-order valence-electron chi connectivity index (χ4n) is 4.93. The summed E-state index contributed by atoms with van der Waals surface area (Å²) in [5.74, 6) is 0. The van der Waals surface area contributed by atoms with Crippen molar-refractivity contribution in [3.8, 4) is 0 Å². The molecule has 0 saturated heterocycles. The molecule has 2 aliphatic carbocycles. The molecule has 1 heteroatoms. The molecule has 0 N–H and O–H groups in total. The van der Waals surface area contributed by atoms with E-state index < -0.39 is 36.7 Å². The number of benzene rings is 4. The molecular weight excluding hydrogens is 505 g/mol. The molecule has 0 spiro atoms. The van der Waals surface area contributed by atoms with Gasteiger partial charge in [0.05, 0.1) is 0 Å². The first-order valence-corrected chi connectivity index (χ1v) is 14.6. The van der Waals surface area contributed by atoms with Gasteiger partial charge in [0.1, 0.15) is 0 Å². The van der Waals surface area contributed by atoms with E-state index in [-0.39, 0.29) is 0 Å². The van der Waals surface area contributed by atoms with E-state index in [0.29, 0.717) is 3.14 Å². The molecule has 31 heavy (non-hydrogen) atoms. The molecule has 4 aromatic carbocycles. The number of hydrogen-bond donors (Lipinski definition) is 0. The second-order valence-corrected chi connectivity index (χ2v) is 13.0. The van der Waals surface area contributed by atoms with E-state index in [9.17, 15) is 0 Å². The van der Waals surface area contributed by atoms with Gasteiger partial charge in [-0.25, -0.2) is 0 Å². The van der Waals surface area contributed by atoms with Gasteiger partial charge in [-0.1, -0.05) is 0 Å². The molecule has 0 bridgehead atoms. The number of fused-ring (bicyclic) bond motifs is 2. The van der Waals surface area contributed by atoms with E-state index in [4.69, 9.17) is 0 Å². The monoisotopic (exact) mass is 524 g/mol. The minimum absolute atomic E-state index is 0.585. The summed E-state index contributed by atoms with van der Waals surface area (Å²) in [5, 5.41) is 0. The number of allylic oxidation sites excluding steroid dienone is 2. The van der Waals surface area contributed by atoms with E-state index in [0.717, 1.165) is 0 Å². The van der Waals surface area contributed by atoms with Crippen molar-refractivity contribution < 1.29 is 36.7 Å². The summed E-state index contributed by atoms with van der Waals surface area (Å²) in [6, 6.07) is 40.1. The van der Waals surface area contributed by atoms with Crippen molar-refractivity contribution in [2.24, 2.45) is 0 Å². The second-order valence-electron chi connectivity index (χ2n) is 8.22. The predicted molar refractivity (Wildman–Crippen MR) is 127 cm³/mol. The molecule has 0 amide bonds. The summed E-state index contributed by atoms with van der Waals surface area (Å²) in [6.45, 7) is 0. The fraction of sp³-hybridized carbons (Fsp3) is 0.0667. The zero-order valence-electron chi connectivity index (χ0n) is 17.2. The quantitative estimate of drug-likeness (QED) is 0.256. The fourth-order valence-corrected chi connectivity index (χ4v) is 11.6. The first kappa shape index (κ1) is 19.4. The third-order valence-electron chi connectivity index (χ3n) is 6.41. The predicted octanol–water partition coefficient (Wildman–Crippen LogP) is 7.66. The van der Waals surface area contributed by atoms with E-state index in [1.54, 1.807) is 11.1 Å². The average molecular weight is 527 g/mol. The van der Waals surface area contributed by atoms with Gasteiger partial charge in [-0.3, -0.25) is 0 Å². The van der Waals surface area contributed by atoms with Crippen LogP contribution in [0, 0.1) is 36.7 Å². The van der Waals surface area contributed by atoms with Crippen molar-refractivity contribution in [1.82, 2.24) is 0 Å². The van der Waals surface area contributed by atoms with Crippen molar-refractivity contribution in [3.05, 3.63) is 143 Å². The van der Waals surface area contributed by atoms with Crippen LogP contribution >= 0.6 is 0 Å². The van der Waals surface area contributed by atoms with Crippen LogP contribution in [0.5, 0.6) is 0 Å². The van der Waals surface area contributed by atoms with Crippen LogP contribution in [-0.4, -0.2) is 0 Å². The van der Waals surface area contributed by atoms with Crippen LogP contribution in [0.3, 0.4) is 0 Å². The standard InChI is InChI=1S/2C15H11.Nd/c2*1-2-6-12(7-3-1)15-10-13-8-4-5-9-14(13)11-15;/h2*1-11H;. The third-order valence-corrected chi connectivity index (χ3v) is 12.5. The number of rotatable bonds is 4. The van der Waals surface area contributed by atoms with Gasteiger partial charge in [0, 0.05) is 0 Å². The molecule has 0 radical (unpaired) electrons. The van der Waals surface area contributed by atoms with Crippen LogP contribution < -0.4 is 0 Å². The Kier molecular flexibility index (Phi) is 5.21. The SMILES string of the molecule is C1=C(c2ccccc2)[CH]([Nd][CH]2C(c3ccccc3)=Cc3ccccc32)c2ccccc21. The molecule has 4 aromatic rings. The maximum atomic E-state index is 2.45. The molecule has 6 rings (SSSR count). The number of hydrogen-bond acceptors (Lipinski definition) is 0. The molecule has 2 unspecified atom stereocenters. The molecule has 0 heterocycles. The van der Waals surface area contributed by atoms with Gasteiger partial charge in [-0.15, -0.1) is 0 Å². The van der Waals surface area contributed by atoms with Crippen LogP contribution in [0.1, 0.15) is 36.5 Å². The molecule has 146 valence electrons. The van der Waals surface area contributed by atoms with E-state index in [1.807, 2.05) is 0 Å². The van der Waals surface area contributed by atoms with Crippen molar-refractivity contribution in [2.45, 2.75) is 3.14 Å². The normalized spacial score (nSPS) is 18.7. The Hall–Kier alpha value is -2.29. The van der Waals surface area contributed by atoms with Crippen molar-refractivity contribution in [1.29, 1.82) is 0 Å². The molecule has 0 nitrogen and oxygen atoms in total. The molecule has 2 aliphatic rings. The Labute approximate surface area is 204 Å². The summed E-state index contributed by atoms with van der Waals surface area (Å²) in [4.78, 5) is 0. The van der Waals surface area contributed by atoms with Gasteiger partial charge in [0.2, 0.25) is 0 Å². The summed E-state index contributed by atoms with van der Waals surface area (Å²) in [7, 11) is 0. The van der Waals surface area contributed by atoms with Crippen LogP contribution in [0.4, 0.5) is 0 Å². The van der Waals surface area contributed by atoms with Crippen molar-refractivity contribution in [3.63, 3.8) is 0 Å².